The van der Waals surface area contributed by atoms with Crippen LogP contribution >= 0.6 is 0 Å². The van der Waals surface area contributed by atoms with Crippen molar-refractivity contribution < 1.29 is 17.9 Å². The van der Waals surface area contributed by atoms with E-state index in [-0.39, 0.29) is 22.8 Å². The molecule has 0 aliphatic carbocycles. The molecule has 0 saturated heterocycles. The molecule has 0 saturated carbocycles. The molecule has 1 N–H and O–H groups in total. The summed E-state index contributed by atoms with van der Waals surface area (Å²) in [6.07, 6.45) is 1.14. The fourth-order valence-corrected chi connectivity index (χ4v) is 2.81. The predicted molar refractivity (Wildman–Crippen MR) is 98.8 cm³/mol. The molecule has 0 bridgehead atoms. The predicted octanol–water partition coefficient (Wildman–Crippen LogP) is 3.41. The molecule has 25 heavy (non-hydrogen) atoms. The Morgan fingerprint density at radius 2 is 1.56 bits per heavy atom. The van der Waals surface area contributed by atoms with Gasteiger partial charge < -0.3 is 10.1 Å². The van der Waals surface area contributed by atoms with Gasteiger partial charge in [0.05, 0.1) is 4.90 Å². The van der Waals surface area contributed by atoms with Crippen LogP contribution in [0.1, 0.15) is 26.3 Å². The number of amides is 1. The lowest BCUT2D eigenvalue weighted by molar-refractivity contribution is -0.118. The highest BCUT2D eigenvalue weighted by atomic mass is 32.2. The van der Waals surface area contributed by atoms with E-state index in [0.717, 1.165) is 6.26 Å². The number of rotatable bonds is 5. The van der Waals surface area contributed by atoms with Crippen LogP contribution in [0, 0.1) is 0 Å². The van der Waals surface area contributed by atoms with Crippen molar-refractivity contribution in [2.24, 2.45) is 0 Å². The van der Waals surface area contributed by atoms with Crippen molar-refractivity contribution in [1.82, 2.24) is 0 Å². The molecule has 6 heteroatoms. The zero-order valence-electron chi connectivity index (χ0n) is 14.9. The Balaban J connectivity index is 1.90. The van der Waals surface area contributed by atoms with E-state index in [2.05, 4.69) is 26.1 Å². The summed E-state index contributed by atoms with van der Waals surface area (Å²) in [5.41, 5.74) is 1.77. The van der Waals surface area contributed by atoms with Crippen LogP contribution in [0.2, 0.25) is 0 Å². The number of anilines is 1. The molecule has 2 rings (SSSR count). The van der Waals surface area contributed by atoms with E-state index in [0.29, 0.717) is 11.4 Å². The second-order valence-electron chi connectivity index (χ2n) is 6.91. The van der Waals surface area contributed by atoms with E-state index in [1.54, 1.807) is 12.1 Å². The summed E-state index contributed by atoms with van der Waals surface area (Å²) in [5, 5.41) is 2.67. The standard InChI is InChI=1S/C19H23NO4S/c1-19(2,3)14-5-9-16(10-6-14)24-13-18(21)20-15-7-11-17(12-8-15)25(4,22)23/h5-12H,13H2,1-4H3,(H,20,21). The van der Waals surface area contributed by atoms with Crippen LogP contribution in [0.15, 0.2) is 53.4 Å². The van der Waals surface area contributed by atoms with Gasteiger partial charge in [-0.1, -0.05) is 32.9 Å². The maximum atomic E-state index is 11.9. The lowest BCUT2D eigenvalue weighted by atomic mass is 9.87. The first-order chi connectivity index (χ1) is 11.6. The molecule has 2 aromatic carbocycles. The summed E-state index contributed by atoms with van der Waals surface area (Å²) in [5.74, 6) is 0.308. The molecule has 0 aliphatic heterocycles. The Morgan fingerprint density at radius 1 is 1.00 bits per heavy atom. The number of benzene rings is 2. The summed E-state index contributed by atoms with van der Waals surface area (Å²) in [4.78, 5) is 12.1. The maximum absolute atomic E-state index is 11.9. The SMILES string of the molecule is CC(C)(C)c1ccc(OCC(=O)Nc2ccc(S(C)(=O)=O)cc2)cc1. The fraction of sp³-hybridized carbons (Fsp3) is 0.316. The van der Waals surface area contributed by atoms with Crippen molar-refractivity contribution >= 4 is 21.4 Å². The smallest absolute Gasteiger partial charge is 0.262 e. The first-order valence-electron chi connectivity index (χ1n) is 7.89. The zero-order valence-corrected chi connectivity index (χ0v) is 15.7. The average Bonchev–Trinajstić information content (AvgIpc) is 2.52. The monoisotopic (exact) mass is 361 g/mol. The number of sulfone groups is 1. The van der Waals surface area contributed by atoms with Crippen LogP contribution in [0.4, 0.5) is 5.69 Å². The van der Waals surface area contributed by atoms with Gasteiger partial charge in [-0.3, -0.25) is 4.79 Å². The summed E-state index contributed by atoms with van der Waals surface area (Å²) in [7, 11) is -3.25. The molecule has 0 aliphatic rings. The van der Waals surface area contributed by atoms with Crippen LogP contribution in [-0.4, -0.2) is 27.2 Å². The van der Waals surface area contributed by atoms with Gasteiger partial charge in [-0.2, -0.15) is 0 Å². The van der Waals surface area contributed by atoms with E-state index in [9.17, 15) is 13.2 Å². The third kappa shape index (κ3) is 5.60. The molecule has 0 fully saturated rings. The number of ether oxygens (including phenoxy) is 1. The molecular weight excluding hydrogens is 338 g/mol. The van der Waals surface area contributed by atoms with Gasteiger partial charge in [0.2, 0.25) is 0 Å². The van der Waals surface area contributed by atoms with Crippen LogP contribution < -0.4 is 10.1 Å². The van der Waals surface area contributed by atoms with Gasteiger partial charge in [-0.05, 0) is 47.4 Å². The number of nitrogens with one attached hydrogen (secondary N) is 1. The first-order valence-corrected chi connectivity index (χ1v) is 9.78. The Hall–Kier alpha value is -2.34. The van der Waals surface area contributed by atoms with Gasteiger partial charge in [-0.15, -0.1) is 0 Å². The molecule has 0 radical (unpaired) electrons. The van der Waals surface area contributed by atoms with Crippen molar-refractivity contribution in [3.63, 3.8) is 0 Å². The topological polar surface area (TPSA) is 72.5 Å². The quantitative estimate of drug-likeness (QED) is 0.886. The number of carbonyl (C=O) groups is 1. The van der Waals surface area contributed by atoms with E-state index in [1.165, 1.54) is 17.7 Å². The number of hydrogen-bond donors (Lipinski definition) is 1. The zero-order chi connectivity index (χ0) is 18.7. The summed E-state index contributed by atoms with van der Waals surface area (Å²) < 4.78 is 28.3. The highest BCUT2D eigenvalue weighted by Gasteiger charge is 2.13. The van der Waals surface area contributed by atoms with Gasteiger partial charge in [0.25, 0.3) is 5.91 Å². The fourth-order valence-electron chi connectivity index (χ4n) is 2.18. The summed E-state index contributed by atoms with van der Waals surface area (Å²) in [6.45, 7) is 6.27. The van der Waals surface area contributed by atoms with Crippen molar-refractivity contribution in [3.8, 4) is 5.75 Å². The van der Waals surface area contributed by atoms with Crippen molar-refractivity contribution in [1.29, 1.82) is 0 Å². The minimum atomic E-state index is -3.25. The Bertz CT molecular complexity index is 832. The molecule has 134 valence electrons. The van der Waals surface area contributed by atoms with Gasteiger partial charge in [0.15, 0.2) is 16.4 Å². The molecule has 5 nitrogen and oxygen atoms in total. The van der Waals surface area contributed by atoms with E-state index >= 15 is 0 Å². The molecule has 1 amide bonds. The Morgan fingerprint density at radius 3 is 2.04 bits per heavy atom. The van der Waals surface area contributed by atoms with Gasteiger partial charge in [0, 0.05) is 11.9 Å². The molecule has 0 heterocycles. The van der Waals surface area contributed by atoms with Crippen molar-refractivity contribution in [2.45, 2.75) is 31.1 Å². The lowest BCUT2D eigenvalue weighted by Crippen LogP contribution is -2.20. The molecule has 2 aromatic rings. The summed E-state index contributed by atoms with van der Waals surface area (Å²) in [6, 6.07) is 13.7. The van der Waals surface area contributed by atoms with Crippen LogP contribution in [0.25, 0.3) is 0 Å². The minimum Gasteiger partial charge on any atom is -0.484 e. The first kappa shape index (κ1) is 19.0. The van der Waals surface area contributed by atoms with Crippen molar-refractivity contribution in [2.75, 3.05) is 18.2 Å². The largest absolute Gasteiger partial charge is 0.484 e. The van der Waals surface area contributed by atoms with E-state index in [1.807, 2.05) is 24.3 Å². The Kier molecular flexibility index (Phi) is 5.52. The third-order valence-electron chi connectivity index (χ3n) is 3.66. The maximum Gasteiger partial charge on any atom is 0.262 e. The average molecular weight is 361 g/mol. The summed E-state index contributed by atoms with van der Waals surface area (Å²) >= 11 is 0. The van der Waals surface area contributed by atoms with Crippen molar-refractivity contribution in [3.05, 3.63) is 54.1 Å². The van der Waals surface area contributed by atoms with Gasteiger partial charge >= 0.3 is 0 Å². The highest BCUT2D eigenvalue weighted by Crippen LogP contribution is 2.24. The molecule has 0 unspecified atom stereocenters. The van der Waals surface area contributed by atoms with Crippen LogP contribution in [0.3, 0.4) is 0 Å². The third-order valence-corrected chi connectivity index (χ3v) is 4.78. The lowest BCUT2D eigenvalue weighted by Gasteiger charge is -2.19. The number of hydrogen-bond acceptors (Lipinski definition) is 4. The molecular formula is C19H23NO4S. The Labute approximate surface area is 148 Å². The molecule has 0 atom stereocenters. The molecule has 0 aromatic heterocycles. The highest BCUT2D eigenvalue weighted by molar-refractivity contribution is 7.90. The van der Waals surface area contributed by atoms with E-state index in [4.69, 9.17) is 4.74 Å². The minimum absolute atomic E-state index is 0.0635. The second-order valence-corrected chi connectivity index (χ2v) is 8.92. The molecule has 0 spiro atoms. The van der Waals surface area contributed by atoms with Crippen LogP contribution in [0.5, 0.6) is 5.75 Å². The van der Waals surface area contributed by atoms with Gasteiger partial charge in [-0.25, -0.2) is 8.42 Å². The van der Waals surface area contributed by atoms with E-state index < -0.39 is 9.84 Å². The second kappa shape index (κ2) is 7.27. The van der Waals surface area contributed by atoms with Crippen LogP contribution in [-0.2, 0) is 20.0 Å². The number of carbonyl (C=O) groups excluding carboxylic acids is 1. The normalized spacial score (nSPS) is 11.8. The van der Waals surface area contributed by atoms with Gasteiger partial charge in [0.1, 0.15) is 5.75 Å².